The van der Waals surface area contributed by atoms with Gasteiger partial charge in [0.15, 0.2) is 0 Å². The minimum absolute atomic E-state index is 0.0277. The van der Waals surface area contributed by atoms with Crippen LogP contribution in [0.2, 0.25) is 0 Å². The maximum Gasteiger partial charge on any atom is 0.264 e. The number of imidazole rings is 1. The number of hydrazone groups is 1. The Morgan fingerprint density at radius 1 is 0.775 bits per heavy atom. The molecular weight excluding hydrogens is 496 g/mol. The van der Waals surface area contributed by atoms with Crippen molar-refractivity contribution in [2.75, 3.05) is 12.1 Å². The molecule has 5 aromatic carbocycles. The normalized spacial score (nSPS) is 15.5. The highest BCUT2D eigenvalue weighted by Crippen LogP contribution is 2.39. The number of methoxy groups -OCH3 is 1. The van der Waals surface area contributed by atoms with Crippen molar-refractivity contribution in [2.24, 2.45) is 5.10 Å². The van der Waals surface area contributed by atoms with Gasteiger partial charge in [-0.05, 0) is 53.4 Å². The maximum atomic E-state index is 13.8. The Morgan fingerprint density at radius 3 is 2.38 bits per heavy atom. The van der Waals surface area contributed by atoms with E-state index in [1.54, 1.807) is 11.5 Å². The molecule has 7 aromatic rings. The molecule has 2 aromatic heterocycles. The Labute approximate surface area is 229 Å². The first-order valence-electron chi connectivity index (χ1n) is 13.4. The molecular formula is C34H24N4O2. The monoisotopic (exact) mass is 520 g/mol. The van der Waals surface area contributed by atoms with Gasteiger partial charge in [0.2, 0.25) is 0 Å². The second-order valence-electron chi connectivity index (χ2n) is 10.2. The number of anilines is 1. The molecule has 0 bridgehead atoms. The lowest BCUT2D eigenvalue weighted by Crippen LogP contribution is -2.18. The number of para-hydroxylation sites is 3. The lowest BCUT2D eigenvalue weighted by Gasteiger charge is -2.24. The summed E-state index contributed by atoms with van der Waals surface area (Å²) >= 11 is 0. The van der Waals surface area contributed by atoms with E-state index in [-0.39, 0.29) is 11.6 Å². The van der Waals surface area contributed by atoms with Crippen LogP contribution in [0.4, 0.5) is 5.69 Å². The number of pyridine rings is 1. The first kappa shape index (κ1) is 22.7. The third-order valence-corrected chi connectivity index (χ3v) is 8.02. The number of ether oxygens (including phenoxy) is 1. The van der Waals surface area contributed by atoms with Crippen molar-refractivity contribution in [3.05, 3.63) is 131 Å². The van der Waals surface area contributed by atoms with Crippen LogP contribution in [0.15, 0.2) is 119 Å². The number of aromatic nitrogens is 2. The summed E-state index contributed by atoms with van der Waals surface area (Å²) in [5, 5.41) is 10.9. The molecule has 0 fully saturated rings. The van der Waals surface area contributed by atoms with Crippen molar-refractivity contribution in [2.45, 2.75) is 12.5 Å². The number of nitrogens with zero attached hydrogens (tertiary/aromatic N) is 4. The average molecular weight is 521 g/mol. The Morgan fingerprint density at radius 2 is 1.55 bits per heavy atom. The first-order valence-corrected chi connectivity index (χ1v) is 13.4. The van der Waals surface area contributed by atoms with Gasteiger partial charge in [-0.2, -0.15) is 5.10 Å². The maximum absolute atomic E-state index is 13.8. The molecule has 0 aliphatic carbocycles. The van der Waals surface area contributed by atoms with E-state index in [1.807, 2.05) is 60.7 Å². The van der Waals surface area contributed by atoms with Gasteiger partial charge in [0, 0.05) is 28.1 Å². The van der Waals surface area contributed by atoms with Gasteiger partial charge in [0.05, 0.1) is 35.6 Å². The number of benzene rings is 5. The lowest BCUT2D eigenvalue weighted by molar-refractivity contribution is 0.414. The molecule has 6 heteroatoms. The van der Waals surface area contributed by atoms with Crippen LogP contribution in [-0.2, 0) is 0 Å². The summed E-state index contributed by atoms with van der Waals surface area (Å²) in [5.41, 5.74) is 6.51. The molecule has 1 atom stereocenters. The molecule has 0 amide bonds. The molecule has 192 valence electrons. The third kappa shape index (κ3) is 3.26. The predicted octanol–water partition coefficient (Wildman–Crippen LogP) is 6.96. The van der Waals surface area contributed by atoms with Crippen LogP contribution in [0.5, 0.6) is 5.75 Å². The van der Waals surface area contributed by atoms with Gasteiger partial charge in [-0.3, -0.25) is 14.2 Å². The molecule has 0 N–H and O–H groups in total. The smallest absolute Gasteiger partial charge is 0.264 e. The largest absolute Gasteiger partial charge is 0.497 e. The van der Waals surface area contributed by atoms with Gasteiger partial charge in [-0.15, -0.1) is 0 Å². The molecule has 0 spiro atoms. The Kier molecular flexibility index (Phi) is 4.91. The van der Waals surface area contributed by atoms with Gasteiger partial charge in [0.1, 0.15) is 11.4 Å². The quantitative estimate of drug-likeness (QED) is 0.252. The van der Waals surface area contributed by atoms with E-state index in [1.165, 1.54) is 0 Å². The highest BCUT2D eigenvalue weighted by Gasteiger charge is 2.31. The Bertz CT molecular complexity index is 2150. The summed E-state index contributed by atoms with van der Waals surface area (Å²) in [5.74, 6) is 0.827. The average Bonchev–Trinajstić information content (AvgIpc) is 3.63. The number of hydrogen-bond acceptors (Lipinski definition) is 5. The van der Waals surface area contributed by atoms with Crippen LogP contribution >= 0.6 is 0 Å². The zero-order valence-corrected chi connectivity index (χ0v) is 21.8. The van der Waals surface area contributed by atoms with Crippen LogP contribution in [0.1, 0.15) is 23.6 Å². The van der Waals surface area contributed by atoms with E-state index in [0.29, 0.717) is 11.0 Å². The topological polar surface area (TPSA) is 59.2 Å². The van der Waals surface area contributed by atoms with Crippen LogP contribution in [-0.4, -0.2) is 22.2 Å². The zero-order valence-electron chi connectivity index (χ0n) is 21.8. The van der Waals surface area contributed by atoms with Crippen molar-refractivity contribution in [1.82, 2.24) is 9.38 Å². The van der Waals surface area contributed by atoms with E-state index in [4.69, 9.17) is 14.8 Å². The second-order valence-corrected chi connectivity index (χ2v) is 10.2. The molecule has 8 rings (SSSR count). The Balaban J connectivity index is 1.34. The fourth-order valence-electron chi connectivity index (χ4n) is 6.13. The SMILES string of the molecule is COc1ccc([C@@H]2CC(c3ccc4c(=O)n5c6ccccc6nc5c5cccc3c45)=NN2c2ccccc2)cc1. The van der Waals surface area contributed by atoms with Crippen LogP contribution < -0.4 is 15.3 Å². The summed E-state index contributed by atoms with van der Waals surface area (Å²) in [4.78, 5) is 18.7. The van der Waals surface area contributed by atoms with E-state index in [0.717, 1.165) is 61.9 Å². The number of rotatable bonds is 4. The van der Waals surface area contributed by atoms with Crippen molar-refractivity contribution < 1.29 is 4.74 Å². The van der Waals surface area contributed by atoms with E-state index < -0.39 is 0 Å². The minimum Gasteiger partial charge on any atom is -0.497 e. The summed E-state index contributed by atoms with van der Waals surface area (Å²) in [6.07, 6.45) is 0.729. The van der Waals surface area contributed by atoms with Gasteiger partial charge >= 0.3 is 0 Å². The predicted molar refractivity (Wildman–Crippen MR) is 161 cm³/mol. The number of hydrogen-bond donors (Lipinski definition) is 0. The van der Waals surface area contributed by atoms with Crippen LogP contribution in [0.3, 0.4) is 0 Å². The fourth-order valence-corrected chi connectivity index (χ4v) is 6.13. The molecule has 6 nitrogen and oxygen atoms in total. The van der Waals surface area contributed by atoms with Gasteiger partial charge in [-0.1, -0.05) is 66.7 Å². The highest BCUT2D eigenvalue weighted by molar-refractivity contribution is 6.22. The molecule has 1 aliphatic rings. The van der Waals surface area contributed by atoms with Crippen LogP contribution in [0, 0.1) is 0 Å². The molecule has 1 aliphatic heterocycles. The second kappa shape index (κ2) is 8.64. The van der Waals surface area contributed by atoms with Crippen molar-refractivity contribution >= 4 is 49.6 Å². The molecule has 3 heterocycles. The van der Waals surface area contributed by atoms with Gasteiger partial charge in [0.25, 0.3) is 5.56 Å². The van der Waals surface area contributed by atoms with E-state index in [9.17, 15) is 4.79 Å². The summed E-state index contributed by atoms with van der Waals surface area (Å²) in [7, 11) is 1.68. The van der Waals surface area contributed by atoms with Crippen LogP contribution in [0.25, 0.3) is 38.2 Å². The molecule has 0 unspecified atom stereocenters. The van der Waals surface area contributed by atoms with Gasteiger partial charge < -0.3 is 4.74 Å². The summed E-state index contributed by atoms with van der Waals surface area (Å²) in [6.45, 7) is 0. The zero-order chi connectivity index (χ0) is 26.8. The first-order chi connectivity index (χ1) is 19.7. The molecule has 40 heavy (non-hydrogen) atoms. The van der Waals surface area contributed by atoms with E-state index in [2.05, 4.69) is 53.5 Å². The third-order valence-electron chi connectivity index (χ3n) is 8.02. The van der Waals surface area contributed by atoms with Crippen molar-refractivity contribution in [1.29, 1.82) is 0 Å². The molecule has 0 saturated carbocycles. The molecule has 0 saturated heterocycles. The fraction of sp³-hybridized carbons (Fsp3) is 0.0882. The number of fused-ring (bicyclic) bond motifs is 4. The van der Waals surface area contributed by atoms with Crippen molar-refractivity contribution in [3.8, 4) is 5.75 Å². The van der Waals surface area contributed by atoms with Crippen molar-refractivity contribution in [3.63, 3.8) is 0 Å². The lowest BCUT2D eigenvalue weighted by atomic mass is 9.92. The summed E-state index contributed by atoms with van der Waals surface area (Å²) in [6, 6.07) is 36.5. The minimum atomic E-state index is -0.0469. The van der Waals surface area contributed by atoms with Gasteiger partial charge in [-0.25, -0.2) is 4.98 Å². The summed E-state index contributed by atoms with van der Waals surface area (Å²) < 4.78 is 7.14. The standard InChI is InChI=1S/C34H24N4O2/c1-40-23-16-14-21(15-17-23)31-20-29(36-38(31)22-8-3-2-4-9-22)24-18-19-27-32-25(24)10-7-11-26(32)33-35-28-12-5-6-13-30(28)37(33)34(27)39/h2-19,31H,20H2,1H3/t31-/m0/s1. The Hall–Kier alpha value is -5.23. The highest BCUT2D eigenvalue weighted by atomic mass is 16.5. The van der Waals surface area contributed by atoms with E-state index >= 15 is 0 Å². The molecule has 0 radical (unpaired) electrons.